The molecule has 128 valence electrons. The summed E-state index contributed by atoms with van der Waals surface area (Å²) in [6.45, 7) is 11.7. The maximum Gasteiger partial charge on any atom is 0.412 e. The van der Waals surface area contributed by atoms with Gasteiger partial charge in [-0.15, -0.1) is 0 Å². The zero-order chi connectivity index (χ0) is 18.1. The van der Waals surface area contributed by atoms with Crippen LogP contribution in [-0.2, 0) is 4.74 Å². The third-order valence-corrected chi connectivity index (χ3v) is 3.67. The number of aryl methyl sites for hydroxylation is 3. The van der Waals surface area contributed by atoms with Crippen molar-refractivity contribution in [3.05, 3.63) is 47.0 Å². The number of nitrogens with one attached hydrogen (secondary N) is 1. The molecular weight excluding hydrogens is 300 g/mol. The number of ether oxygens (including phenoxy) is 1. The van der Waals surface area contributed by atoms with E-state index in [0.29, 0.717) is 11.4 Å². The third-order valence-electron chi connectivity index (χ3n) is 3.67. The lowest BCUT2D eigenvalue weighted by molar-refractivity contribution is 0.0636. The number of benzene rings is 2. The van der Waals surface area contributed by atoms with Crippen molar-refractivity contribution in [2.45, 2.75) is 47.1 Å². The van der Waals surface area contributed by atoms with E-state index in [9.17, 15) is 4.79 Å². The Morgan fingerprint density at radius 1 is 1.08 bits per heavy atom. The number of carbonyl (C=O) groups is 1. The number of hydrogen-bond acceptors (Lipinski definition) is 3. The molecule has 0 fully saturated rings. The van der Waals surface area contributed by atoms with Crippen LogP contribution in [0.25, 0.3) is 11.1 Å². The van der Waals surface area contributed by atoms with Gasteiger partial charge in [-0.05, 0) is 64.3 Å². The van der Waals surface area contributed by atoms with Crippen LogP contribution in [0.4, 0.5) is 16.2 Å². The van der Waals surface area contributed by atoms with Gasteiger partial charge in [-0.1, -0.05) is 29.8 Å². The van der Waals surface area contributed by atoms with Gasteiger partial charge in [-0.3, -0.25) is 5.32 Å². The van der Waals surface area contributed by atoms with Crippen molar-refractivity contribution in [3.63, 3.8) is 0 Å². The second-order valence-corrected chi connectivity index (χ2v) is 7.17. The van der Waals surface area contributed by atoms with Gasteiger partial charge < -0.3 is 10.5 Å². The van der Waals surface area contributed by atoms with Crippen LogP contribution >= 0.6 is 0 Å². The molecule has 0 bridgehead atoms. The van der Waals surface area contributed by atoms with Crippen molar-refractivity contribution in [2.24, 2.45) is 0 Å². The number of hydrogen-bond donors (Lipinski definition) is 2. The van der Waals surface area contributed by atoms with Crippen molar-refractivity contribution in [3.8, 4) is 11.1 Å². The molecule has 0 aliphatic heterocycles. The summed E-state index contributed by atoms with van der Waals surface area (Å²) < 4.78 is 5.36. The van der Waals surface area contributed by atoms with E-state index in [1.54, 1.807) is 6.07 Å². The van der Waals surface area contributed by atoms with E-state index >= 15 is 0 Å². The summed E-state index contributed by atoms with van der Waals surface area (Å²) in [7, 11) is 0. The summed E-state index contributed by atoms with van der Waals surface area (Å²) in [5, 5.41) is 2.82. The fourth-order valence-electron chi connectivity index (χ4n) is 2.93. The van der Waals surface area contributed by atoms with Crippen LogP contribution in [0.15, 0.2) is 30.3 Å². The number of anilines is 2. The Kier molecular flexibility index (Phi) is 4.88. The molecule has 2 aromatic carbocycles. The highest BCUT2D eigenvalue weighted by Gasteiger charge is 2.20. The highest BCUT2D eigenvalue weighted by molar-refractivity contribution is 5.98. The number of nitrogens with two attached hydrogens (primary N) is 1. The monoisotopic (exact) mass is 326 g/mol. The predicted molar refractivity (Wildman–Crippen MR) is 100 cm³/mol. The molecule has 0 saturated heterocycles. The van der Waals surface area contributed by atoms with Crippen LogP contribution in [0.1, 0.15) is 37.5 Å². The largest absolute Gasteiger partial charge is 0.444 e. The van der Waals surface area contributed by atoms with E-state index in [1.807, 2.05) is 32.9 Å². The molecule has 1 amide bonds. The van der Waals surface area contributed by atoms with Gasteiger partial charge in [0, 0.05) is 5.56 Å². The Hall–Kier alpha value is -2.49. The van der Waals surface area contributed by atoms with Gasteiger partial charge in [-0.25, -0.2) is 4.79 Å². The minimum absolute atomic E-state index is 0.510. The molecule has 0 spiro atoms. The zero-order valence-electron chi connectivity index (χ0n) is 15.3. The molecule has 0 aliphatic rings. The molecule has 0 heterocycles. The van der Waals surface area contributed by atoms with Crippen molar-refractivity contribution < 1.29 is 9.53 Å². The number of amides is 1. The van der Waals surface area contributed by atoms with Gasteiger partial charge in [-0.2, -0.15) is 0 Å². The smallest absolute Gasteiger partial charge is 0.412 e. The Morgan fingerprint density at radius 2 is 1.67 bits per heavy atom. The van der Waals surface area contributed by atoms with Crippen LogP contribution in [0.3, 0.4) is 0 Å². The Bertz CT molecular complexity index is 751. The fourth-order valence-corrected chi connectivity index (χ4v) is 2.93. The number of carbonyl (C=O) groups excluding carboxylic acids is 1. The second-order valence-electron chi connectivity index (χ2n) is 7.17. The lowest BCUT2D eigenvalue weighted by Gasteiger charge is -2.22. The molecular formula is C20H26N2O2. The maximum atomic E-state index is 12.2. The number of nitrogen functional groups attached to an aromatic ring is 1. The SMILES string of the molecule is Cc1cc(C)c(-c2cccc(N)c2NC(=O)OC(C)(C)C)c(C)c1. The molecule has 24 heavy (non-hydrogen) atoms. The first-order valence-corrected chi connectivity index (χ1v) is 8.05. The summed E-state index contributed by atoms with van der Waals surface area (Å²) in [6.07, 6.45) is -0.510. The number of rotatable bonds is 2. The lowest BCUT2D eigenvalue weighted by atomic mass is 9.92. The lowest BCUT2D eigenvalue weighted by Crippen LogP contribution is -2.27. The third kappa shape index (κ3) is 4.07. The maximum absolute atomic E-state index is 12.2. The predicted octanol–water partition coefficient (Wildman–Crippen LogP) is 5.21. The fraction of sp³-hybridized carbons (Fsp3) is 0.350. The van der Waals surface area contributed by atoms with E-state index in [2.05, 4.69) is 38.2 Å². The Balaban J connectivity index is 2.51. The van der Waals surface area contributed by atoms with Crippen LogP contribution in [0, 0.1) is 20.8 Å². The molecule has 0 unspecified atom stereocenters. The number of para-hydroxylation sites is 1. The molecule has 2 rings (SSSR count). The van der Waals surface area contributed by atoms with E-state index < -0.39 is 11.7 Å². The van der Waals surface area contributed by atoms with Gasteiger partial charge in [0.2, 0.25) is 0 Å². The summed E-state index contributed by atoms with van der Waals surface area (Å²) >= 11 is 0. The molecule has 0 aromatic heterocycles. The van der Waals surface area contributed by atoms with E-state index in [-0.39, 0.29) is 0 Å². The highest BCUT2D eigenvalue weighted by Crippen LogP contribution is 2.37. The summed E-state index contributed by atoms with van der Waals surface area (Å²) in [5.41, 5.74) is 12.1. The summed E-state index contributed by atoms with van der Waals surface area (Å²) in [6, 6.07) is 9.89. The normalized spacial score (nSPS) is 11.2. The molecule has 4 heteroatoms. The molecule has 3 N–H and O–H groups in total. The molecule has 0 radical (unpaired) electrons. The summed E-state index contributed by atoms with van der Waals surface area (Å²) in [5.74, 6) is 0. The molecule has 2 aromatic rings. The minimum Gasteiger partial charge on any atom is -0.444 e. The van der Waals surface area contributed by atoms with Crippen LogP contribution in [0.5, 0.6) is 0 Å². The van der Waals surface area contributed by atoms with Crippen LogP contribution < -0.4 is 11.1 Å². The van der Waals surface area contributed by atoms with Crippen molar-refractivity contribution in [1.82, 2.24) is 0 Å². The molecule has 0 atom stereocenters. The van der Waals surface area contributed by atoms with E-state index in [0.717, 1.165) is 22.3 Å². The standard InChI is InChI=1S/C20H26N2O2/c1-12-10-13(2)17(14(3)11-12)15-8-7-9-16(21)18(15)22-19(23)24-20(4,5)6/h7-11H,21H2,1-6H3,(H,22,23). The van der Waals surface area contributed by atoms with Gasteiger partial charge >= 0.3 is 6.09 Å². The quantitative estimate of drug-likeness (QED) is 0.745. The van der Waals surface area contributed by atoms with Gasteiger partial charge in [0.15, 0.2) is 0 Å². The molecule has 0 aliphatic carbocycles. The first-order chi connectivity index (χ1) is 11.1. The van der Waals surface area contributed by atoms with Gasteiger partial charge in [0.25, 0.3) is 0 Å². The highest BCUT2D eigenvalue weighted by atomic mass is 16.6. The van der Waals surface area contributed by atoms with Crippen molar-refractivity contribution in [1.29, 1.82) is 0 Å². The average Bonchev–Trinajstić information content (AvgIpc) is 2.39. The minimum atomic E-state index is -0.566. The Labute approximate surface area is 144 Å². The molecule has 0 saturated carbocycles. The topological polar surface area (TPSA) is 64.3 Å². The van der Waals surface area contributed by atoms with Crippen molar-refractivity contribution in [2.75, 3.05) is 11.1 Å². The van der Waals surface area contributed by atoms with Crippen LogP contribution in [-0.4, -0.2) is 11.7 Å². The van der Waals surface area contributed by atoms with Gasteiger partial charge in [0.1, 0.15) is 5.60 Å². The average molecular weight is 326 g/mol. The van der Waals surface area contributed by atoms with Gasteiger partial charge in [0.05, 0.1) is 11.4 Å². The van der Waals surface area contributed by atoms with Crippen molar-refractivity contribution >= 4 is 17.5 Å². The second kappa shape index (κ2) is 6.56. The van der Waals surface area contributed by atoms with E-state index in [4.69, 9.17) is 10.5 Å². The summed E-state index contributed by atoms with van der Waals surface area (Å²) in [4.78, 5) is 12.2. The first-order valence-electron chi connectivity index (χ1n) is 8.05. The zero-order valence-corrected chi connectivity index (χ0v) is 15.3. The van der Waals surface area contributed by atoms with E-state index in [1.165, 1.54) is 5.56 Å². The Morgan fingerprint density at radius 3 is 2.21 bits per heavy atom. The molecule has 4 nitrogen and oxygen atoms in total. The van der Waals surface area contributed by atoms with Crippen LogP contribution in [0.2, 0.25) is 0 Å². The first kappa shape index (κ1) is 17.9.